The fraction of sp³-hybridized carbons (Fsp3) is 0.462. The van der Waals surface area contributed by atoms with E-state index in [1.54, 1.807) is 7.11 Å². The standard InChI is InChI=1S/C13H16O4/c1-8-7-11(13(14)15)12(17-8)9-3-5-10(16-2)6-4-9/h3-6,8,11-12H,7H2,1-2H3,(H,14,15)/t8-,11-,12-/m0/s1. The van der Waals surface area contributed by atoms with Crippen molar-refractivity contribution in [3.63, 3.8) is 0 Å². The highest BCUT2D eigenvalue weighted by Crippen LogP contribution is 2.38. The van der Waals surface area contributed by atoms with Crippen LogP contribution in [0, 0.1) is 5.92 Å². The fourth-order valence-electron chi connectivity index (χ4n) is 2.22. The zero-order valence-electron chi connectivity index (χ0n) is 9.92. The zero-order valence-corrected chi connectivity index (χ0v) is 9.92. The van der Waals surface area contributed by atoms with Gasteiger partial charge in [-0.05, 0) is 31.0 Å². The molecule has 0 amide bonds. The number of hydrogen-bond acceptors (Lipinski definition) is 3. The zero-order chi connectivity index (χ0) is 12.4. The number of carboxylic acid groups (broad SMARTS) is 1. The molecule has 1 aliphatic rings. The number of methoxy groups -OCH3 is 1. The van der Waals surface area contributed by atoms with Gasteiger partial charge in [-0.25, -0.2) is 0 Å². The first kappa shape index (κ1) is 11.9. The predicted octanol–water partition coefficient (Wildman–Crippen LogP) is 2.25. The molecule has 1 N–H and O–H groups in total. The number of aliphatic carboxylic acids is 1. The van der Waals surface area contributed by atoms with Crippen molar-refractivity contribution in [1.29, 1.82) is 0 Å². The topological polar surface area (TPSA) is 55.8 Å². The van der Waals surface area contributed by atoms with Crippen molar-refractivity contribution in [1.82, 2.24) is 0 Å². The second-order valence-corrected chi connectivity index (χ2v) is 4.32. The molecule has 1 aromatic rings. The van der Waals surface area contributed by atoms with Gasteiger partial charge < -0.3 is 14.6 Å². The van der Waals surface area contributed by atoms with Gasteiger partial charge >= 0.3 is 5.97 Å². The SMILES string of the molecule is COc1ccc([C@@H]2O[C@@H](C)C[C@@H]2C(=O)O)cc1. The molecule has 0 aliphatic carbocycles. The van der Waals surface area contributed by atoms with Crippen molar-refractivity contribution < 1.29 is 19.4 Å². The Kier molecular flexibility index (Phi) is 3.33. The molecule has 1 heterocycles. The molecule has 0 aromatic heterocycles. The quantitative estimate of drug-likeness (QED) is 0.874. The molecule has 4 heteroatoms. The maximum Gasteiger partial charge on any atom is 0.309 e. The third-order valence-corrected chi connectivity index (χ3v) is 3.09. The number of hydrogen-bond donors (Lipinski definition) is 1. The van der Waals surface area contributed by atoms with Gasteiger partial charge in [0.05, 0.1) is 25.2 Å². The van der Waals surface area contributed by atoms with Crippen molar-refractivity contribution in [2.24, 2.45) is 5.92 Å². The molecule has 0 radical (unpaired) electrons. The maximum absolute atomic E-state index is 11.1. The summed E-state index contributed by atoms with van der Waals surface area (Å²) in [5, 5.41) is 9.16. The third kappa shape index (κ3) is 2.42. The molecule has 2 rings (SSSR count). The largest absolute Gasteiger partial charge is 0.497 e. The molecule has 0 bridgehead atoms. The normalized spacial score (nSPS) is 28.0. The maximum atomic E-state index is 11.1. The first-order valence-electron chi connectivity index (χ1n) is 5.64. The number of ether oxygens (including phenoxy) is 2. The minimum Gasteiger partial charge on any atom is -0.497 e. The van der Waals surface area contributed by atoms with Crippen molar-refractivity contribution in [3.05, 3.63) is 29.8 Å². The summed E-state index contributed by atoms with van der Waals surface area (Å²) in [6, 6.07) is 7.36. The smallest absolute Gasteiger partial charge is 0.309 e. The van der Waals surface area contributed by atoms with Crippen molar-refractivity contribution in [2.75, 3.05) is 7.11 Å². The van der Waals surface area contributed by atoms with E-state index in [-0.39, 0.29) is 12.2 Å². The summed E-state index contributed by atoms with van der Waals surface area (Å²) in [5.74, 6) is -0.500. The van der Waals surface area contributed by atoms with Crippen LogP contribution in [0.3, 0.4) is 0 Å². The molecule has 0 unspecified atom stereocenters. The monoisotopic (exact) mass is 236 g/mol. The Labute approximate surface area is 100 Å². The molecule has 1 aliphatic heterocycles. The number of benzene rings is 1. The Morgan fingerprint density at radius 1 is 1.41 bits per heavy atom. The van der Waals surface area contributed by atoms with Crippen LogP contribution in [-0.4, -0.2) is 24.3 Å². The molecule has 4 nitrogen and oxygen atoms in total. The van der Waals surface area contributed by atoms with Crippen LogP contribution in [0.4, 0.5) is 0 Å². The lowest BCUT2D eigenvalue weighted by Crippen LogP contribution is -2.17. The molecular weight excluding hydrogens is 220 g/mol. The van der Waals surface area contributed by atoms with E-state index in [0.717, 1.165) is 11.3 Å². The van der Waals surface area contributed by atoms with Gasteiger partial charge in [0.2, 0.25) is 0 Å². The minimum absolute atomic E-state index is 0.0109. The lowest BCUT2D eigenvalue weighted by Gasteiger charge is -2.15. The molecule has 1 saturated heterocycles. The van der Waals surface area contributed by atoms with Gasteiger partial charge in [-0.3, -0.25) is 4.79 Å². The van der Waals surface area contributed by atoms with E-state index in [1.807, 2.05) is 31.2 Å². The first-order valence-corrected chi connectivity index (χ1v) is 5.64. The van der Waals surface area contributed by atoms with Crippen LogP contribution in [0.5, 0.6) is 5.75 Å². The Morgan fingerprint density at radius 3 is 2.59 bits per heavy atom. The molecule has 92 valence electrons. The highest BCUT2D eigenvalue weighted by atomic mass is 16.5. The molecule has 17 heavy (non-hydrogen) atoms. The number of carbonyl (C=O) groups is 1. The highest BCUT2D eigenvalue weighted by molar-refractivity contribution is 5.71. The van der Waals surface area contributed by atoms with E-state index < -0.39 is 11.9 Å². The van der Waals surface area contributed by atoms with Gasteiger partial charge in [0.15, 0.2) is 0 Å². The predicted molar refractivity (Wildman–Crippen MR) is 62.0 cm³/mol. The van der Waals surface area contributed by atoms with E-state index in [9.17, 15) is 4.79 Å². The average molecular weight is 236 g/mol. The summed E-state index contributed by atoms with van der Waals surface area (Å²) in [6.07, 6.45) is 0.197. The molecule has 0 spiro atoms. The fourth-order valence-corrected chi connectivity index (χ4v) is 2.22. The minimum atomic E-state index is -0.796. The van der Waals surface area contributed by atoms with Gasteiger partial charge in [0, 0.05) is 0 Å². The van der Waals surface area contributed by atoms with Gasteiger partial charge in [-0.1, -0.05) is 12.1 Å². The Morgan fingerprint density at radius 2 is 2.06 bits per heavy atom. The van der Waals surface area contributed by atoms with Crippen LogP contribution in [-0.2, 0) is 9.53 Å². The van der Waals surface area contributed by atoms with E-state index in [1.165, 1.54) is 0 Å². The molecule has 3 atom stereocenters. The van der Waals surface area contributed by atoms with Gasteiger partial charge in [-0.15, -0.1) is 0 Å². The van der Waals surface area contributed by atoms with Gasteiger partial charge in [0.1, 0.15) is 5.75 Å². The van der Waals surface area contributed by atoms with E-state index >= 15 is 0 Å². The van der Waals surface area contributed by atoms with Crippen LogP contribution >= 0.6 is 0 Å². The lowest BCUT2D eigenvalue weighted by atomic mass is 9.94. The van der Waals surface area contributed by atoms with E-state index in [2.05, 4.69) is 0 Å². The van der Waals surface area contributed by atoms with E-state index in [4.69, 9.17) is 14.6 Å². The average Bonchev–Trinajstić information content (AvgIpc) is 2.72. The molecular formula is C13H16O4. The van der Waals surface area contributed by atoms with Gasteiger partial charge in [-0.2, -0.15) is 0 Å². The third-order valence-electron chi connectivity index (χ3n) is 3.09. The first-order chi connectivity index (χ1) is 8.11. The lowest BCUT2D eigenvalue weighted by molar-refractivity contribution is -0.143. The van der Waals surface area contributed by atoms with Crippen LogP contribution in [0.1, 0.15) is 25.0 Å². The van der Waals surface area contributed by atoms with Crippen molar-refractivity contribution in [3.8, 4) is 5.75 Å². The van der Waals surface area contributed by atoms with Crippen LogP contribution in [0.15, 0.2) is 24.3 Å². The second-order valence-electron chi connectivity index (χ2n) is 4.32. The number of rotatable bonds is 3. The second kappa shape index (κ2) is 4.75. The summed E-state index contributed by atoms with van der Waals surface area (Å²) in [7, 11) is 1.60. The van der Waals surface area contributed by atoms with Gasteiger partial charge in [0.25, 0.3) is 0 Å². The van der Waals surface area contributed by atoms with Crippen molar-refractivity contribution >= 4 is 5.97 Å². The number of carboxylic acids is 1. The van der Waals surface area contributed by atoms with Crippen LogP contribution in [0.25, 0.3) is 0 Å². The molecule has 0 saturated carbocycles. The summed E-state index contributed by atoms with van der Waals surface area (Å²) >= 11 is 0. The summed E-state index contributed by atoms with van der Waals surface area (Å²) in [5.41, 5.74) is 0.891. The summed E-state index contributed by atoms with van der Waals surface area (Å²) in [4.78, 5) is 11.1. The van der Waals surface area contributed by atoms with Crippen LogP contribution < -0.4 is 4.74 Å². The highest BCUT2D eigenvalue weighted by Gasteiger charge is 2.38. The molecule has 1 aromatic carbocycles. The summed E-state index contributed by atoms with van der Waals surface area (Å²) < 4.78 is 10.7. The Bertz CT molecular complexity index is 398. The van der Waals surface area contributed by atoms with Crippen LogP contribution in [0.2, 0.25) is 0 Å². The van der Waals surface area contributed by atoms with Crippen molar-refractivity contribution in [2.45, 2.75) is 25.6 Å². The van der Waals surface area contributed by atoms with E-state index in [0.29, 0.717) is 6.42 Å². The summed E-state index contributed by atoms with van der Waals surface area (Å²) in [6.45, 7) is 1.90. The molecule has 1 fully saturated rings. The Hall–Kier alpha value is -1.55. The Balaban J connectivity index is 2.22.